The number of hydrogen-bond donors (Lipinski definition) is 1. The molecule has 1 heterocycles. The van der Waals surface area contributed by atoms with E-state index in [4.69, 9.17) is 0 Å². The number of thioether (sulfide) groups is 1. The van der Waals surface area contributed by atoms with Crippen LogP contribution in [0.15, 0.2) is 12.5 Å². The molecular weight excluding hydrogens is 218 g/mol. The molecule has 0 radical (unpaired) electrons. The van der Waals surface area contributed by atoms with Crippen LogP contribution < -0.4 is 5.32 Å². The van der Waals surface area contributed by atoms with Crippen molar-refractivity contribution < 1.29 is 0 Å². The Morgan fingerprint density at radius 1 is 1.38 bits per heavy atom. The Kier molecular flexibility index (Phi) is 7.34. The summed E-state index contributed by atoms with van der Waals surface area (Å²) in [7, 11) is 0. The van der Waals surface area contributed by atoms with E-state index in [2.05, 4.69) is 28.0 Å². The predicted molar refractivity (Wildman–Crippen MR) is 71.8 cm³/mol. The van der Waals surface area contributed by atoms with Gasteiger partial charge in [0.2, 0.25) is 0 Å². The molecule has 0 saturated carbocycles. The summed E-state index contributed by atoms with van der Waals surface area (Å²) in [5.41, 5.74) is 1.28. The summed E-state index contributed by atoms with van der Waals surface area (Å²) in [5, 5.41) is 3.47. The summed E-state index contributed by atoms with van der Waals surface area (Å²) in [6.07, 6.45) is 9.97. The van der Waals surface area contributed by atoms with Crippen LogP contribution in [-0.4, -0.2) is 28.1 Å². The van der Waals surface area contributed by atoms with Crippen LogP contribution in [0.4, 0.5) is 0 Å². The molecule has 3 nitrogen and oxygen atoms in total. The van der Waals surface area contributed by atoms with Gasteiger partial charge in [0.15, 0.2) is 0 Å². The molecule has 0 aliphatic heterocycles. The molecule has 92 valence electrons. The van der Waals surface area contributed by atoms with Crippen LogP contribution in [0.25, 0.3) is 0 Å². The zero-order valence-corrected chi connectivity index (χ0v) is 11.2. The zero-order chi connectivity index (χ0) is 11.6. The maximum Gasteiger partial charge on any atom is 0.0948 e. The van der Waals surface area contributed by atoms with Crippen molar-refractivity contribution in [2.45, 2.75) is 39.3 Å². The Balaban J connectivity index is 2.03. The molecule has 0 aliphatic carbocycles. The van der Waals surface area contributed by atoms with Crippen LogP contribution in [0.5, 0.6) is 0 Å². The Morgan fingerprint density at radius 3 is 3.00 bits per heavy atom. The van der Waals surface area contributed by atoms with Crippen molar-refractivity contribution in [3.63, 3.8) is 0 Å². The lowest BCUT2D eigenvalue weighted by atomic mass is 10.2. The number of nitrogens with zero attached hydrogens (tertiary/aromatic N) is 2. The number of rotatable bonds is 9. The minimum atomic E-state index is 0.941. The van der Waals surface area contributed by atoms with Crippen molar-refractivity contribution in [3.8, 4) is 0 Å². The first-order chi connectivity index (χ1) is 7.88. The molecule has 0 amide bonds. The Bertz CT molecular complexity index is 273. The van der Waals surface area contributed by atoms with Gasteiger partial charge in [-0.05, 0) is 38.3 Å². The normalized spacial score (nSPS) is 10.9. The average molecular weight is 241 g/mol. The van der Waals surface area contributed by atoms with Gasteiger partial charge < -0.3 is 9.88 Å². The van der Waals surface area contributed by atoms with E-state index < -0.39 is 0 Å². The average Bonchev–Trinajstić information content (AvgIpc) is 2.75. The van der Waals surface area contributed by atoms with Gasteiger partial charge in [-0.2, -0.15) is 11.8 Å². The molecular formula is C12H23N3S. The highest BCUT2D eigenvalue weighted by atomic mass is 32.2. The second kappa shape index (κ2) is 8.65. The van der Waals surface area contributed by atoms with Crippen molar-refractivity contribution in [2.24, 2.45) is 0 Å². The molecule has 0 unspecified atom stereocenters. The van der Waals surface area contributed by atoms with Crippen LogP contribution >= 0.6 is 11.8 Å². The van der Waals surface area contributed by atoms with Crippen molar-refractivity contribution >= 4 is 11.8 Å². The van der Waals surface area contributed by atoms with Gasteiger partial charge in [0.05, 0.1) is 12.0 Å². The fourth-order valence-corrected chi connectivity index (χ4v) is 2.16. The highest BCUT2D eigenvalue weighted by Crippen LogP contribution is 2.02. The number of aryl methyl sites for hydroxylation is 1. The van der Waals surface area contributed by atoms with Crippen molar-refractivity contribution in [1.82, 2.24) is 14.9 Å². The van der Waals surface area contributed by atoms with Gasteiger partial charge in [0, 0.05) is 19.3 Å². The summed E-state index contributed by atoms with van der Waals surface area (Å²) >= 11 is 1.94. The molecule has 16 heavy (non-hydrogen) atoms. The maximum atomic E-state index is 4.15. The van der Waals surface area contributed by atoms with E-state index >= 15 is 0 Å². The molecule has 0 saturated heterocycles. The summed E-state index contributed by atoms with van der Waals surface area (Å²) in [5.74, 6) is 1.29. The minimum absolute atomic E-state index is 0.941. The summed E-state index contributed by atoms with van der Waals surface area (Å²) in [4.78, 5) is 4.15. The van der Waals surface area contributed by atoms with E-state index in [0.29, 0.717) is 0 Å². The number of nitrogens with one attached hydrogen (secondary N) is 1. The largest absolute Gasteiger partial charge is 0.334 e. The Labute approximate surface area is 103 Å². The topological polar surface area (TPSA) is 29.9 Å². The van der Waals surface area contributed by atoms with E-state index in [0.717, 1.165) is 19.6 Å². The van der Waals surface area contributed by atoms with Crippen LogP contribution in [0, 0.1) is 0 Å². The smallest absolute Gasteiger partial charge is 0.0948 e. The molecule has 1 N–H and O–H groups in total. The van der Waals surface area contributed by atoms with Crippen molar-refractivity contribution in [1.29, 1.82) is 0 Å². The fraction of sp³-hybridized carbons (Fsp3) is 0.750. The van der Waals surface area contributed by atoms with Crippen molar-refractivity contribution in [3.05, 3.63) is 18.2 Å². The van der Waals surface area contributed by atoms with Gasteiger partial charge in [0.1, 0.15) is 0 Å². The van der Waals surface area contributed by atoms with E-state index in [1.54, 1.807) is 0 Å². The minimum Gasteiger partial charge on any atom is -0.334 e. The second-order valence-electron chi connectivity index (χ2n) is 3.90. The van der Waals surface area contributed by atoms with Gasteiger partial charge in [0.25, 0.3) is 0 Å². The molecule has 0 aliphatic rings. The number of unbranched alkanes of at least 4 members (excludes halogenated alkanes) is 2. The van der Waals surface area contributed by atoms with Gasteiger partial charge in [-0.25, -0.2) is 4.98 Å². The second-order valence-corrected chi connectivity index (χ2v) is 4.89. The molecule has 0 spiro atoms. The summed E-state index contributed by atoms with van der Waals surface area (Å²) in [6.45, 7) is 5.21. The number of aromatic nitrogens is 2. The SMILES string of the molecule is CCn1cncc1CNCCCCCSC. The van der Waals surface area contributed by atoms with Crippen molar-refractivity contribution in [2.75, 3.05) is 18.6 Å². The van der Waals surface area contributed by atoms with Crippen LogP contribution in [0.1, 0.15) is 31.9 Å². The van der Waals surface area contributed by atoms with E-state index in [1.807, 2.05) is 24.3 Å². The standard InChI is InChI=1S/C12H23N3S/c1-3-15-11-14-10-12(15)9-13-7-5-4-6-8-16-2/h10-11,13H,3-9H2,1-2H3. The lowest BCUT2D eigenvalue weighted by Gasteiger charge is -2.06. The lowest BCUT2D eigenvalue weighted by molar-refractivity contribution is 0.591. The molecule has 0 fully saturated rings. The number of imidazole rings is 1. The molecule has 0 atom stereocenters. The first-order valence-corrected chi connectivity index (χ1v) is 7.46. The van der Waals surface area contributed by atoms with E-state index in [9.17, 15) is 0 Å². The highest BCUT2D eigenvalue weighted by Gasteiger charge is 1.98. The number of hydrogen-bond acceptors (Lipinski definition) is 3. The quantitative estimate of drug-likeness (QED) is 0.674. The molecule has 4 heteroatoms. The highest BCUT2D eigenvalue weighted by molar-refractivity contribution is 7.98. The monoisotopic (exact) mass is 241 g/mol. The summed E-state index contributed by atoms with van der Waals surface area (Å²) in [6, 6.07) is 0. The third-order valence-electron chi connectivity index (χ3n) is 2.65. The van der Waals surface area contributed by atoms with Gasteiger partial charge in [-0.15, -0.1) is 0 Å². The first kappa shape index (κ1) is 13.6. The predicted octanol–water partition coefficient (Wildman–Crippen LogP) is 2.53. The Morgan fingerprint density at radius 2 is 2.25 bits per heavy atom. The van der Waals surface area contributed by atoms with Crippen LogP contribution in [0.2, 0.25) is 0 Å². The maximum absolute atomic E-state index is 4.15. The molecule has 0 aromatic carbocycles. The summed E-state index contributed by atoms with van der Waals surface area (Å²) < 4.78 is 2.18. The first-order valence-electron chi connectivity index (χ1n) is 6.07. The third-order valence-corrected chi connectivity index (χ3v) is 3.34. The van der Waals surface area contributed by atoms with Gasteiger partial charge in [-0.3, -0.25) is 0 Å². The molecule has 0 bridgehead atoms. The van der Waals surface area contributed by atoms with Gasteiger partial charge in [-0.1, -0.05) is 6.42 Å². The van der Waals surface area contributed by atoms with Crippen LogP contribution in [0.3, 0.4) is 0 Å². The molecule has 1 rings (SSSR count). The molecule has 1 aromatic rings. The Hall–Kier alpha value is -0.480. The zero-order valence-electron chi connectivity index (χ0n) is 10.4. The lowest BCUT2D eigenvalue weighted by Crippen LogP contribution is -2.17. The molecule has 1 aromatic heterocycles. The fourth-order valence-electron chi connectivity index (χ4n) is 1.67. The van der Waals surface area contributed by atoms with E-state index in [1.165, 1.54) is 30.7 Å². The van der Waals surface area contributed by atoms with Crippen LogP contribution in [-0.2, 0) is 13.1 Å². The van der Waals surface area contributed by atoms with E-state index in [-0.39, 0.29) is 0 Å². The van der Waals surface area contributed by atoms with Gasteiger partial charge >= 0.3 is 0 Å². The third kappa shape index (κ3) is 5.03.